The van der Waals surface area contributed by atoms with Crippen LogP contribution in [0, 0.1) is 6.92 Å². The third kappa shape index (κ3) is 6.72. The molecule has 176 valence electrons. The fourth-order valence-corrected chi connectivity index (χ4v) is 2.94. The van der Waals surface area contributed by atoms with Gasteiger partial charge >= 0.3 is 0 Å². The zero-order valence-electron chi connectivity index (χ0n) is 18.9. The number of nitrogens with zero attached hydrogens (tertiary/aromatic N) is 3. The van der Waals surface area contributed by atoms with Crippen molar-refractivity contribution in [3.05, 3.63) is 54.3 Å². The van der Waals surface area contributed by atoms with Crippen LogP contribution in [0.5, 0.6) is 5.75 Å². The van der Waals surface area contributed by atoms with Gasteiger partial charge in [-0.2, -0.15) is 0 Å². The van der Waals surface area contributed by atoms with E-state index in [0.29, 0.717) is 46.8 Å². The Kier molecular flexibility index (Phi) is 7.59. The Morgan fingerprint density at radius 2 is 2.03 bits per heavy atom. The molecule has 1 N–H and O–H groups in total. The van der Waals surface area contributed by atoms with Crippen LogP contribution in [0.2, 0.25) is 0 Å². The molecule has 0 unspecified atom stereocenters. The average molecular weight is 460 g/mol. The number of hydrogen-bond acceptors (Lipinski definition) is 8. The molecule has 0 bridgehead atoms. The number of halogens is 2. The lowest BCUT2D eigenvalue weighted by Gasteiger charge is -2.14. The summed E-state index contributed by atoms with van der Waals surface area (Å²) < 4.78 is 47.8. The van der Waals surface area contributed by atoms with Gasteiger partial charge in [0, 0.05) is 25.6 Å². The summed E-state index contributed by atoms with van der Waals surface area (Å²) in [6, 6.07) is 6.97. The lowest BCUT2D eigenvalue weighted by molar-refractivity contribution is -0.0679. The van der Waals surface area contributed by atoms with E-state index in [9.17, 15) is 8.78 Å². The lowest BCUT2D eigenvalue weighted by Crippen LogP contribution is -2.19. The maximum atomic E-state index is 13.1. The summed E-state index contributed by atoms with van der Waals surface area (Å²) in [7, 11) is 1.55. The molecular weight excluding hydrogens is 434 g/mol. The molecule has 0 amide bonds. The molecular formula is C23H26F2N4O4. The van der Waals surface area contributed by atoms with Crippen LogP contribution in [0.1, 0.15) is 31.1 Å². The molecule has 1 aromatic carbocycles. The minimum Gasteiger partial charge on any atom is -0.496 e. The van der Waals surface area contributed by atoms with Gasteiger partial charge in [-0.3, -0.25) is 0 Å². The van der Waals surface area contributed by atoms with Crippen LogP contribution >= 0.6 is 0 Å². The number of methoxy groups -OCH3 is 1. The van der Waals surface area contributed by atoms with E-state index in [4.69, 9.17) is 18.6 Å². The maximum absolute atomic E-state index is 13.1. The first-order valence-corrected chi connectivity index (χ1v) is 10.2. The second-order valence-electron chi connectivity index (χ2n) is 7.27. The smallest absolute Gasteiger partial charge is 0.268 e. The highest BCUT2D eigenvalue weighted by Gasteiger charge is 2.21. The van der Waals surface area contributed by atoms with E-state index in [1.165, 1.54) is 0 Å². The summed E-state index contributed by atoms with van der Waals surface area (Å²) in [5, 5.41) is 3.10. The summed E-state index contributed by atoms with van der Waals surface area (Å²) in [5.41, 5.74) is 2.18. The second-order valence-corrected chi connectivity index (χ2v) is 7.27. The largest absolute Gasteiger partial charge is 0.496 e. The third-order valence-electron chi connectivity index (χ3n) is 4.33. The molecule has 2 aromatic heterocycles. The standard InChI is InChI=1S/C23H26F2N4O4/c1-6-32-14(2)19-9-17(12-31-13-23(4,24)25)28-22(29-19)27-16-7-8-18(20(10-16)30-5)21-11-26-15(3)33-21/h7-11H,2,6,12-13H2,1,3-5H3,(H,27,28,29). The van der Waals surface area contributed by atoms with Gasteiger partial charge in [-0.05, 0) is 25.1 Å². The number of alkyl halides is 2. The van der Waals surface area contributed by atoms with Crippen molar-refractivity contribution >= 4 is 17.4 Å². The van der Waals surface area contributed by atoms with Gasteiger partial charge in [-0.15, -0.1) is 0 Å². The molecule has 0 fully saturated rings. The molecule has 0 aliphatic heterocycles. The Hall–Kier alpha value is -3.53. The molecule has 0 aliphatic carbocycles. The molecule has 0 aliphatic rings. The molecule has 33 heavy (non-hydrogen) atoms. The van der Waals surface area contributed by atoms with E-state index in [1.807, 2.05) is 13.0 Å². The van der Waals surface area contributed by atoms with Crippen LogP contribution in [0.15, 0.2) is 41.5 Å². The van der Waals surface area contributed by atoms with Crippen LogP contribution in [0.4, 0.5) is 20.4 Å². The highest BCUT2D eigenvalue weighted by Crippen LogP contribution is 2.33. The summed E-state index contributed by atoms with van der Waals surface area (Å²) in [6.45, 7) is 7.79. The number of aryl methyl sites for hydroxylation is 1. The van der Waals surface area contributed by atoms with Crippen molar-refractivity contribution in [2.24, 2.45) is 0 Å². The number of nitrogens with one attached hydrogen (secondary N) is 1. The maximum Gasteiger partial charge on any atom is 0.268 e. The highest BCUT2D eigenvalue weighted by molar-refractivity contribution is 5.71. The van der Waals surface area contributed by atoms with Gasteiger partial charge in [-0.1, -0.05) is 6.58 Å². The van der Waals surface area contributed by atoms with Gasteiger partial charge in [0.05, 0.1) is 37.8 Å². The van der Waals surface area contributed by atoms with E-state index >= 15 is 0 Å². The van der Waals surface area contributed by atoms with Crippen molar-refractivity contribution in [1.82, 2.24) is 15.0 Å². The predicted octanol–water partition coefficient (Wildman–Crippen LogP) is 5.37. The van der Waals surface area contributed by atoms with Crippen LogP contribution in [-0.2, 0) is 16.1 Å². The summed E-state index contributed by atoms with van der Waals surface area (Å²) in [4.78, 5) is 12.9. The first-order chi connectivity index (χ1) is 15.7. The van der Waals surface area contributed by atoms with Crippen LogP contribution in [-0.4, -0.2) is 41.2 Å². The predicted molar refractivity (Wildman–Crippen MR) is 119 cm³/mol. The molecule has 10 heteroatoms. The molecule has 3 rings (SSSR count). The van der Waals surface area contributed by atoms with Gasteiger partial charge in [0.15, 0.2) is 11.7 Å². The van der Waals surface area contributed by atoms with Gasteiger partial charge in [0.2, 0.25) is 5.95 Å². The minimum absolute atomic E-state index is 0.125. The normalized spacial score (nSPS) is 11.3. The van der Waals surface area contributed by atoms with Gasteiger partial charge in [-0.25, -0.2) is 23.7 Å². The van der Waals surface area contributed by atoms with Crippen molar-refractivity contribution in [3.63, 3.8) is 0 Å². The van der Waals surface area contributed by atoms with Crippen molar-refractivity contribution in [3.8, 4) is 17.1 Å². The van der Waals surface area contributed by atoms with E-state index in [2.05, 4.69) is 26.8 Å². The monoisotopic (exact) mass is 460 g/mol. The molecule has 3 aromatic rings. The first kappa shape index (κ1) is 24.1. The van der Waals surface area contributed by atoms with Crippen LogP contribution in [0.25, 0.3) is 17.1 Å². The SMILES string of the molecule is C=C(OCC)c1cc(COCC(C)(F)F)nc(Nc2ccc(-c3cnc(C)o3)c(OC)c2)n1. The Morgan fingerprint density at radius 3 is 2.67 bits per heavy atom. The Bertz CT molecular complexity index is 1110. The number of anilines is 2. The number of benzene rings is 1. The molecule has 0 spiro atoms. The second kappa shape index (κ2) is 10.4. The number of ether oxygens (including phenoxy) is 3. The minimum atomic E-state index is -2.94. The number of rotatable bonds is 11. The quantitative estimate of drug-likeness (QED) is 0.382. The third-order valence-corrected chi connectivity index (χ3v) is 4.33. The lowest BCUT2D eigenvalue weighted by atomic mass is 10.1. The van der Waals surface area contributed by atoms with E-state index < -0.39 is 12.5 Å². The van der Waals surface area contributed by atoms with Crippen LogP contribution in [0.3, 0.4) is 0 Å². The first-order valence-electron chi connectivity index (χ1n) is 10.2. The molecule has 8 nitrogen and oxygen atoms in total. The van der Waals surface area contributed by atoms with Crippen LogP contribution < -0.4 is 10.1 Å². The highest BCUT2D eigenvalue weighted by atomic mass is 19.3. The fourth-order valence-electron chi connectivity index (χ4n) is 2.94. The number of hydrogen-bond donors (Lipinski definition) is 1. The topological polar surface area (TPSA) is 91.5 Å². The zero-order chi connectivity index (χ0) is 24.0. The zero-order valence-corrected chi connectivity index (χ0v) is 18.9. The van der Waals surface area contributed by atoms with Crippen molar-refractivity contribution in [2.75, 3.05) is 25.6 Å². The van der Waals surface area contributed by atoms with Crippen molar-refractivity contribution in [1.29, 1.82) is 0 Å². The summed E-state index contributed by atoms with van der Waals surface area (Å²) >= 11 is 0. The summed E-state index contributed by atoms with van der Waals surface area (Å²) in [6.07, 6.45) is 1.62. The Morgan fingerprint density at radius 1 is 1.24 bits per heavy atom. The summed E-state index contributed by atoms with van der Waals surface area (Å²) in [5.74, 6) is -0.704. The van der Waals surface area contributed by atoms with Crippen molar-refractivity contribution < 1.29 is 27.4 Å². The van der Waals surface area contributed by atoms with Gasteiger partial charge in [0.1, 0.15) is 23.8 Å². The van der Waals surface area contributed by atoms with E-state index in [1.54, 1.807) is 38.4 Å². The average Bonchev–Trinajstić information content (AvgIpc) is 3.18. The fraction of sp³-hybridized carbons (Fsp3) is 0.348. The molecule has 2 heterocycles. The van der Waals surface area contributed by atoms with Crippen molar-refractivity contribution in [2.45, 2.75) is 33.3 Å². The van der Waals surface area contributed by atoms with E-state index in [-0.39, 0.29) is 12.6 Å². The molecule has 0 saturated carbocycles. The van der Waals surface area contributed by atoms with E-state index in [0.717, 1.165) is 12.5 Å². The number of oxazole rings is 1. The van der Waals surface area contributed by atoms with Gasteiger partial charge in [0.25, 0.3) is 5.92 Å². The molecule has 0 saturated heterocycles. The Labute approximate surface area is 190 Å². The number of aromatic nitrogens is 3. The molecule has 0 atom stereocenters. The van der Waals surface area contributed by atoms with Gasteiger partial charge < -0.3 is 23.9 Å². The Balaban J connectivity index is 1.87. The molecule has 0 radical (unpaired) electrons.